The summed E-state index contributed by atoms with van der Waals surface area (Å²) in [5.74, 6) is 1.36. The first-order valence-corrected chi connectivity index (χ1v) is 12.0. The molecule has 2 amide bonds. The number of likely N-dealkylation sites (tertiary alicyclic amines) is 1. The van der Waals surface area contributed by atoms with Gasteiger partial charge in [0.25, 0.3) is 0 Å². The van der Waals surface area contributed by atoms with E-state index in [1.807, 2.05) is 52.1 Å². The van der Waals surface area contributed by atoms with Gasteiger partial charge in [-0.05, 0) is 66.3 Å². The number of benzene rings is 2. The lowest BCUT2D eigenvalue weighted by molar-refractivity contribution is -0.134. The lowest BCUT2D eigenvalue weighted by atomic mass is 9.94. The van der Waals surface area contributed by atoms with E-state index in [1.165, 1.54) is 5.56 Å². The van der Waals surface area contributed by atoms with Crippen LogP contribution in [0.5, 0.6) is 5.75 Å². The van der Waals surface area contributed by atoms with Crippen molar-refractivity contribution in [1.29, 1.82) is 0 Å². The Bertz CT molecular complexity index is 1150. The normalized spacial score (nSPS) is 17.9. The fourth-order valence-corrected chi connectivity index (χ4v) is 5.04. The molecule has 172 valence electrons. The van der Waals surface area contributed by atoms with Gasteiger partial charge in [0.15, 0.2) is 0 Å². The van der Waals surface area contributed by atoms with Crippen LogP contribution in [0.1, 0.15) is 36.8 Å². The van der Waals surface area contributed by atoms with Gasteiger partial charge in [-0.2, -0.15) is 0 Å². The van der Waals surface area contributed by atoms with Gasteiger partial charge in [0, 0.05) is 37.8 Å². The van der Waals surface area contributed by atoms with Crippen molar-refractivity contribution in [2.75, 3.05) is 19.7 Å². The molecule has 6 nitrogen and oxygen atoms in total. The number of para-hydroxylation sites is 1. The molecule has 0 unspecified atom stereocenters. The molecule has 2 aromatic carbocycles. The molecule has 0 saturated carbocycles. The maximum atomic E-state index is 13.0. The zero-order chi connectivity index (χ0) is 22.6. The Morgan fingerprint density at radius 1 is 1.09 bits per heavy atom. The van der Waals surface area contributed by atoms with Gasteiger partial charge in [-0.15, -0.1) is 0 Å². The molecule has 2 aliphatic heterocycles. The molecule has 2 aliphatic rings. The number of piperidine rings is 1. The number of hydrogen-bond donors (Lipinski definition) is 1. The molecular weight excluding hydrogens is 414 g/mol. The van der Waals surface area contributed by atoms with E-state index in [9.17, 15) is 9.59 Å². The number of nitrogens with zero attached hydrogens (tertiary/aromatic N) is 2. The molecule has 6 heteroatoms. The Morgan fingerprint density at radius 2 is 2.00 bits per heavy atom. The molecule has 0 spiro atoms. The first-order valence-electron chi connectivity index (χ1n) is 12.0. The fraction of sp³-hybridized carbons (Fsp3) is 0.407. The number of aryl methyl sites for hydroxylation is 1. The second kappa shape index (κ2) is 9.69. The first kappa shape index (κ1) is 21.6. The van der Waals surface area contributed by atoms with Gasteiger partial charge in [-0.25, -0.2) is 0 Å². The number of aromatic nitrogens is 1. The fourth-order valence-electron chi connectivity index (χ4n) is 5.04. The Labute approximate surface area is 194 Å². The topological polar surface area (TPSA) is 63.6 Å². The van der Waals surface area contributed by atoms with Crippen LogP contribution < -0.4 is 10.1 Å². The number of fused-ring (bicyclic) bond motifs is 2. The van der Waals surface area contributed by atoms with E-state index in [0.717, 1.165) is 61.1 Å². The van der Waals surface area contributed by atoms with Crippen LogP contribution in [-0.4, -0.2) is 41.0 Å². The van der Waals surface area contributed by atoms with Crippen LogP contribution in [0, 0.1) is 5.92 Å². The van der Waals surface area contributed by atoms with Gasteiger partial charge in [0.1, 0.15) is 12.3 Å². The summed E-state index contributed by atoms with van der Waals surface area (Å²) in [6.07, 6.45) is 6.44. The lowest BCUT2D eigenvalue weighted by Gasteiger charge is -2.32. The molecule has 0 radical (unpaired) electrons. The highest BCUT2D eigenvalue weighted by Gasteiger charge is 2.25. The van der Waals surface area contributed by atoms with Gasteiger partial charge in [-0.1, -0.05) is 30.3 Å². The van der Waals surface area contributed by atoms with Gasteiger partial charge in [0.05, 0.1) is 6.61 Å². The van der Waals surface area contributed by atoms with Gasteiger partial charge in [0.2, 0.25) is 11.8 Å². The predicted molar refractivity (Wildman–Crippen MR) is 128 cm³/mol. The van der Waals surface area contributed by atoms with Crippen molar-refractivity contribution in [2.45, 2.75) is 45.2 Å². The summed E-state index contributed by atoms with van der Waals surface area (Å²) in [4.78, 5) is 27.5. The summed E-state index contributed by atoms with van der Waals surface area (Å²) in [6.45, 7) is 3.08. The van der Waals surface area contributed by atoms with Crippen LogP contribution in [-0.2, 0) is 29.1 Å². The Balaban J connectivity index is 1.12. The monoisotopic (exact) mass is 445 g/mol. The predicted octanol–water partition coefficient (Wildman–Crippen LogP) is 3.91. The quantitative estimate of drug-likeness (QED) is 0.626. The van der Waals surface area contributed by atoms with Crippen molar-refractivity contribution in [3.8, 4) is 5.75 Å². The average Bonchev–Trinajstić information content (AvgIpc) is 3.25. The maximum Gasteiger partial charge on any atom is 0.242 e. The molecule has 1 atom stereocenters. The number of rotatable bonds is 6. The van der Waals surface area contributed by atoms with E-state index in [-0.39, 0.29) is 17.7 Å². The molecule has 1 aromatic heterocycles. The third kappa shape index (κ3) is 5.05. The van der Waals surface area contributed by atoms with E-state index in [0.29, 0.717) is 26.1 Å². The highest BCUT2D eigenvalue weighted by atomic mass is 16.5. The van der Waals surface area contributed by atoms with Crippen LogP contribution >= 0.6 is 0 Å². The van der Waals surface area contributed by atoms with E-state index in [4.69, 9.17) is 4.74 Å². The van der Waals surface area contributed by atoms with E-state index >= 15 is 0 Å². The number of amides is 2. The van der Waals surface area contributed by atoms with E-state index < -0.39 is 0 Å². The van der Waals surface area contributed by atoms with E-state index in [2.05, 4.69) is 17.4 Å². The summed E-state index contributed by atoms with van der Waals surface area (Å²) < 4.78 is 7.68. The molecule has 0 bridgehead atoms. The average molecular weight is 446 g/mol. The van der Waals surface area contributed by atoms with E-state index in [1.54, 1.807) is 0 Å². The third-order valence-electron chi connectivity index (χ3n) is 6.79. The first-order chi connectivity index (χ1) is 16.2. The zero-order valence-corrected chi connectivity index (χ0v) is 19.0. The molecule has 33 heavy (non-hydrogen) atoms. The Hall–Kier alpha value is -3.28. The summed E-state index contributed by atoms with van der Waals surface area (Å²) in [5.41, 5.74) is 3.41. The minimum absolute atomic E-state index is 0.0553. The van der Waals surface area contributed by atoms with Crippen molar-refractivity contribution >= 4 is 22.7 Å². The number of ether oxygens (including phenoxy) is 1. The molecule has 0 aliphatic carbocycles. The maximum absolute atomic E-state index is 13.0. The number of hydrogen-bond acceptors (Lipinski definition) is 3. The Morgan fingerprint density at radius 3 is 2.94 bits per heavy atom. The molecule has 1 N–H and O–H groups in total. The smallest absolute Gasteiger partial charge is 0.242 e. The number of nitrogens with one attached hydrogen (secondary N) is 1. The minimum Gasteiger partial charge on any atom is -0.493 e. The van der Waals surface area contributed by atoms with Crippen molar-refractivity contribution in [3.05, 3.63) is 65.9 Å². The standard InChI is InChI=1S/C27H31N3O3/c31-26(28-17-20-9-10-25-23(15-20)7-4-14-33-25)16-21-5-3-12-30(18-21)27(32)19-29-13-11-22-6-1-2-8-24(22)29/h1-2,6,8-11,13,15,21H,3-5,7,12,14,16-19H2,(H,28,31)/t21-/m1/s1. The molecule has 3 aromatic rings. The van der Waals surface area contributed by atoms with Gasteiger partial charge in [-0.3, -0.25) is 9.59 Å². The van der Waals surface area contributed by atoms with Crippen molar-refractivity contribution in [1.82, 2.24) is 14.8 Å². The van der Waals surface area contributed by atoms with Gasteiger partial charge < -0.3 is 19.5 Å². The molecule has 1 saturated heterocycles. The highest BCUT2D eigenvalue weighted by Crippen LogP contribution is 2.26. The SMILES string of the molecule is O=C(C[C@H]1CCCN(C(=O)Cn2ccc3ccccc32)C1)NCc1ccc2c(c1)CCCO2. The van der Waals surface area contributed by atoms with Crippen LogP contribution in [0.3, 0.4) is 0 Å². The van der Waals surface area contributed by atoms with Crippen LogP contribution in [0.4, 0.5) is 0 Å². The second-order valence-electron chi connectivity index (χ2n) is 9.23. The molecule has 3 heterocycles. The lowest BCUT2D eigenvalue weighted by Crippen LogP contribution is -2.42. The number of carbonyl (C=O) groups excluding carboxylic acids is 2. The van der Waals surface area contributed by atoms with Crippen LogP contribution in [0.2, 0.25) is 0 Å². The summed E-state index contributed by atoms with van der Waals surface area (Å²) in [5, 5.41) is 4.21. The van der Waals surface area contributed by atoms with Crippen LogP contribution in [0.15, 0.2) is 54.7 Å². The van der Waals surface area contributed by atoms with Gasteiger partial charge >= 0.3 is 0 Å². The zero-order valence-electron chi connectivity index (χ0n) is 19.0. The third-order valence-corrected chi connectivity index (χ3v) is 6.79. The second-order valence-corrected chi connectivity index (χ2v) is 9.23. The highest BCUT2D eigenvalue weighted by molar-refractivity contribution is 5.83. The van der Waals surface area contributed by atoms with Crippen molar-refractivity contribution < 1.29 is 14.3 Å². The molecule has 5 rings (SSSR count). The van der Waals surface area contributed by atoms with Crippen molar-refractivity contribution in [3.63, 3.8) is 0 Å². The molecular formula is C27H31N3O3. The largest absolute Gasteiger partial charge is 0.493 e. The summed E-state index contributed by atoms with van der Waals surface area (Å²) >= 11 is 0. The summed E-state index contributed by atoms with van der Waals surface area (Å²) in [6, 6.07) is 16.3. The minimum atomic E-state index is 0.0553. The van der Waals surface area contributed by atoms with Crippen LogP contribution in [0.25, 0.3) is 10.9 Å². The number of carbonyl (C=O) groups is 2. The Kier molecular flexibility index (Phi) is 6.33. The molecule has 1 fully saturated rings. The van der Waals surface area contributed by atoms with Crippen molar-refractivity contribution in [2.24, 2.45) is 5.92 Å². The summed E-state index contributed by atoms with van der Waals surface area (Å²) in [7, 11) is 0.